The summed E-state index contributed by atoms with van der Waals surface area (Å²) in [6.07, 6.45) is 43.4. The molecule has 0 saturated heterocycles. The number of phosphoric acid groups is 1. The van der Waals surface area contributed by atoms with Crippen LogP contribution in [-0.2, 0) is 32.7 Å². The van der Waals surface area contributed by atoms with Crippen molar-refractivity contribution in [1.82, 2.24) is 0 Å². The predicted molar refractivity (Wildman–Crippen MR) is 244 cm³/mol. The van der Waals surface area contributed by atoms with E-state index in [9.17, 15) is 24.2 Å². The van der Waals surface area contributed by atoms with E-state index in [0.29, 0.717) is 23.9 Å². The fourth-order valence-electron chi connectivity index (χ4n) is 6.22. The molecular weight excluding hydrogens is 766 g/mol. The van der Waals surface area contributed by atoms with E-state index in [4.69, 9.17) is 18.5 Å². The van der Waals surface area contributed by atoms with Crippen LogP contribution in [0, 0.1) is 0 Å². The minimum absolute atomic E-state index is 0.0165. The summed E-state index contributed by atoms with van der Waals surface area (Å²) in [6.45, 7) is 4.17. The van der Waals surface area contributed by atoms with Crippen LogP contribution in [0.15, 0.2) is 48.6 Å². The van der Waals surface area contributed by atoms with Gasteiger partial charge in [-0.25, -0.2) is 4.57 Å². The zero-order chi connectivity index (χ0) is 43.7. The number of carbonyl (C=O) groups is 2. The summed E-state index contributed by atoms with van der Waals surface area (Å²) in [4.78, 5) is 35.4. The van der Waals surface area contributed by atoms with Gasteiger partial charge in [0.15, 0.2) is 6.10 Å². The Kier molecular flexibility index (Phi) is 38.6. The molecule has 0 spiro atoms. The number of quaternary nitrogens is 1. The van der Waals surface area contributed by atoms with Crippen LogP contribution in [0.1, 0.15) is 187 Å². The van der Waals surface area contributed by atoms with Gasteiger partial charge in [-0.05, 0) is 64.2 Å². The number of phosphoric ester groups is 1. The van der Waals surface area contributed by atoms with E-state index in [1.54, 1.807) is 6.08 Å². The molecule has 59 heavy (non-hydrogen) atoms. The summed E-state index contributed by atoms with van der Waals surface area (Å²) in [6, 6.07) is 0. The third-order valence-electron chi connectivity index (χ3n) is 9.92. The molecule has 11 heteroatoms. The van der Waals surface area contributed by atoms with Gasteiger partial charge < -0.3 is 24.0 Å². The van der Waals surface area contributed by atoms with Crippen LogP contribution < -0.4 is 0 Å². The van der Waals surface area contributed by atoms with Gasteiger partial charge in [-0.3, -0.25) is 18.6 Å². The van der Waals surface area contributed by atoms with Crippen molar-refractivity contribution >= 4 is 19.8 Å². The second-order valence-corrected chi connectivity index (χ2v) is 18.4. The Morgan fingerprint density at radius 2 is 1.12 bits per heavy atom. The molecule has 0 aliphatic heterocycles. The molecule has 2 unspecified atom stereocenters. The van der Waals surface area contributed by atoms with Crippen molar-refractivity contribution in [3.63, 3.8) is 0 Å². The highest BCUT2D eigenvalue weighted by Crippen LogP contribution is 2.43. The van der Waals surface area contributed by atoms with Gasteiger partial charge in [0, 0.05) is 12.8 Å². The summed E-state index contributed by atoms with van der Waals surface area (Å²) in [5.74, 6) is -0.854. The van der Waals surface area contributed by atoms with E-state index in [2.05, 4.69) is 32.1 Å². The Bertz CT molecular complexity index is 1160. The van der Waals surface area contributed by atoms with Gasteiger partial charge >= 0.3 is 19.8 Å². The van der Waals surface area contributed by atoms with Crippen molar-refractivity contribution in [1.29, 1.82) is 0 Å². The number of hydrogen-bond donors (Lipinski definition) is 2. The van der Waals surface area contributed by atoms with Crippen LogP contribution in [0.3, 0.4) is 0 Å². The summed E-state index contributed by atoms with van der Waals surface area (Å²) in [5, 5.41) is 9.89. The third-order valence-corrected chi connectivity index (χ3v) is 10.9. The maximum Gasteiger partial charge on any atom is 0.472 e. The Balaban J connectivity index is 4.36. The molecule has 0 aromatic rings. The molecule has 0 radical (unpaired) electrons. The van der Waals surface area contributed by atoms with E-state index in [-0.39, 0.29) is 32.0 Å². The van der Waals surface area contributed by atoms with Gasteiger partial charge in [-0.15, -0.1) is 0 Å². The average molecular weight is 855 g/mol. The second kappa shape index (κ2) is 40.0. The molecular formula is C48H89NO9P+. The summed E-state index contributed by atoms with van der Waals surface area (Å²) >= 11 is 0. The summed E-state index contributed by atoms with van der Waals surface area (Å²) in [7, 11) is 1.42. The molecule has 344 valence electrons. The van der Waals surface area contributed by atoms with Gasteiger partial charge in [0.25, 0.3) is 0 Å². The number of allylic oxidation sites excluding steroid dienone is 6. The number of hydrogen-bond acceptors (Lipinski definition) is 8. The molecule has 0 saturated carbocycles. The van der Waals surface area contributed by atoms with Gasteiger partial charge in [-0.1, -0.05) is 159 Å². The minimum atomic E-state index is -4.40. The highest BCUT2D eigenvalue weighted by atomic mass is 31.2. The Morgan fingerprint density at radius 1 is 0.610 bits per heavy atom. The fourth-order valence-corrected chi connectivity index (χ4v) is 6.96. The number of rotatable bonds is 42. The maximum absolute atomic E-state index is 12.7. The molecule has 10 nitrogen and oxygen atoms in total. The second-order valence-electron chi connectivity index (χ2n) is 17.0. The number of esters is 2. The molecule has 0 aliphatic rings. The lowest BCUT2D eigenvalue weighted by molar-refractivity contribution is -0.870. The van der Waals surface area contributed by atoms with Gasteiger partial charge in [0.2, 0.25) is 0 Å². The maximum atomic E-state index is 12.7. The van der Waals surface area contributed by atoms with Crippen molar-refractivity contribution in [2.75, 3.05) is 47.5 Å². The Morgan fingerprint density at radius 3 is 1.66 bits per heavy atom. The quantitative estimate of drug-likeness (QED) is 0.0154. The number of likely N-dealkylation sites (N-methyl/N-ethyl adjacent to an activating group) is 1. The van der Waals surface area contributed by atoms with Crippen LogP contribution in [0.25, 0.3) is 0 Å². The molecule has 0 heterocycles. The van der Waals surface area contributed by atoms with E-state index in [1.165, 1.54) is 89.9 Å². The number of unbranched alkanes of at least 4 members (excludes halogenated alkanes) is 20. The average Bonchev–Trinajstić information content (AvgIpc) is 3.18. The molecule has 0 amide bonds. The van der Waals surface area contributed by atoms with E-state index >= 15 is 0 Å². The SMILES string of the molecule is CC/C=C/CC(O)/C=C/C=C/CCCCCCCC(=O)O[C@H](COC(=O)CCCCCCCCCCC/C=C\CCCCCCCC)COP(=O)(O)OCC[N+](C)(C)C. The van der Waals surface area contributed by atoms with Crippen molar-refractivity contribution in [2.24, 2.45) is 0 Å². The first-order chi connectivity index (χ1) is 28.4. The van der Waals surface area contributed by atoms with Crippen LogP contribution in [0.2, 0.25) is 0 Å². The first kappa shape index (κ1) is 56.9. The smallest absolute Gasteiger partial charge is 0.462 e. The molecule has 0 bridgehead atoms. The van der Waals surface area contributed by atoms with Crippen LogP contribution in [0.4, 0.5) is 0 Å². The molecule has 0 aromatic heterocycles. The number of ether oxygens (including phenoxy) is 2. The monoisotopic (exact) mass is 855 g/mol. The Hall–Kier alpha value is -2.07. The van der Waals surface area contributed by atoms with Gasteiger partial charge in [-0.2, -0.15) is 0 Å². The van der Waals surface area contributed by atoms with Crippen molar-refractivity contribution in [3.8, 4) is 0 Å². The largest absolute Gasteiger partial charge is 0.472 e. The van der Waals surface area contributed by atoms with E-state index in [0.717, 1.165) is 57.8 Å². The van der Waals surface area contributed by atoms with E-state index in [1.807, 2.05) is 45.4 Å². The highest BCUT2D eigenvalue weighted by molar-refractivity contribution is 7.47. The number of aliphatic hydroxyl groups is 1. The number of aliphatic hydroxyl groups excluding tert-OH is 1. The standard InChI is InChI=1S/C48H88NO9P/c1-6-8-10-11-12-13-14-15-16-17-18-19-20-21-22-25-28-31-35-39-47(51)55-43-46(44-57-59(53,54)56-42-41-49(3,4)5)58-48(52)40-36-32-29-26-23-24-27-30-34-38-45(50)37-33-9-7-2/h9,15-16,27,30,33-34,38,45-46,50H,6-8,10-14,17-26,28-29,31-32,35-37,39-44H2,1-5H3/p+1/b16-15-,30-27+,33-9+,38-34+/t45?,46-/m1/s1. The van der Waals surface area contributed by atoms with Crippen molar-refractivity contribution < 1.29 is 47.2 Å². The zero-order valence-corrected chi connectivity index (χ0v) is 39.2. The van der Waals surface area contributed by atoms with Crippen LogP contribution >= 0.6 is 7.82 Å². The minimum Gasteiger partial charge on any atom is -0.462 e. The fraction of sp³-hybridized carbons (Fsp3) is 0.792. The molecule has 0 rings (SSSR count). The first-order valence-electron chi connectivity index (χ1n) is 23.5. The lowest BCUT2D eigenvalue weighted by Crippen LogP contribution is -2.37. The zero-order valence-electron chi connectivity index (χ0n) is 38.3. The normalized spacial score (nSPS) is 14.5. The topological polar surface area (TPSA) is 129 Å². The van der Waals surface area contributed by atoms with Crippen LogP contribution in [-0.4, -0.2) is 86.1 Å². The Labute approximate surface area is 361 Å². The molecule has 0 aromatic carbocycles. The third kappa shape index (κ3) is 43.8. The molecule has 3 atom stereocenters. The molecule has 0 fully saturated rings. The number of carbonyl (C=O) groups excluding carboxylic acids is 2. The van der Waals surface area contributed by atoms with Crippen molar-refractivity contribution in [3.05, 3.63) is 48.6 Å². The molecule has 2 N–H and O–H groups in total. The summed E-state index contributed by atoms with van der Waals surface area (Å²) < 4.78 is 34.3. The molecule has 0 aliphatic carbocycles. The number of nitrogens with zero attached hydrogens (tertiary/aromatic N) is 1. The predicted octanol–water partition coefficient (Wildman–Crippen LogP) is 12.4. The van der Waals surface area contributed by atoms with Crippen molar-refractivity contribution in [2.45, 2.75) is 199 Å². The van der Waals surface area contributed by atoms with Crippen LogP contribution in [0.5, 0.6) is 0 Å². The van der Waals surface area contributed by atoms with E-state index < -0.39 is 32.6 Å². The van der Waals surface area contributed by atoms with Gasteiger partial charge in [0.05, 0.1) is 33.9 Å². The lowest BCUT2D eigenvalue weighted by Gasteiger charge is -2.24. The van der Waals surface area contributed by atoms with Gasteiger partial charge in [0.1, 0.15) is 19.8 Å². The first-order valence-corrected chi connectivity index (χ1v) is 25.0. The lowest BCUT2D eigenvalue weighted by atomic mass is 10.1. The highest BCUT2D eigenvalue weighted by Gasteiger charge is 2.27. The summed E-state index contributed by atoms with van der Waals surface area (Å²) in [5.41, 5.74) is 0.